The number of nitrogens with two attached hydrogens (primary N) is 1. The average Bonchev–Trinajstić information content (AvgIpc) is 2.89. The maximum Gasteiger partial charge on any atom is 0.295 e. The molecule has 1 heterocycles. The number of hydrogen-bond donors (Lipinski definition) is 3. The number of anilines is 2. The van der Waals surface area contributed by atoms with Gasteiger partial charge in [0.1, 0.15) is 11.2 Å². The number of sulfonamides is 1. The number of benzene rings is 1. The normalized spacial score (nSPS) is 11.1. The highest BCUT2D eigenvalue weighted by molar-refractivity contribution is 7.93. The van der Waals surface area contributed by atoms with Crippen LogP contribution in [0, 0.1) is 17.0 Å². The minimum Gasteiger partial charge on any atom is -0.318 e. The van der Waals surface area contributed by atoms with E-state index in [4.69, 9.17) is 5.84 Å². The van der Waals surface area contributed by atoms with Gasteiger partial charge in [-0.2, -0.15) is 0 Å². The molecule has 0 radical (unpaired) electrons. The van der Waals surface area contributed by atoms with Crippen molar-refractivity contribution in [1.82, 2.24) is 10.2 Å². The molecule has 0 atom stereocenters. The lowest BCUT2D eigenvalue weighted by atomic mass is 10.2. The molecule has 0 spiro atoms. The number of rotatable bonds is 5. The third-order valence-corrected chi connectivity index (χ3v) is 4.73. The SMILES string of the molecule is Cc1cc(NN)c([N+](=O)[O-])cc1S(=O)(=O)Nc1nncs1. The molecule has 10 nitrogen and oxygen atoms in total. The van der Waals surface area contributed by atoms with E-state index >= 15 is 0 Å². The van der Waals surface area contributed by atoms with E-state index in [0.717, 1.165) is 17.4 Å². The number of hydrogen-bond acceptors (Lipinski definition) is 9. The van der Waals surface area contributed by atoms with Crippen molar-refractivity contribution >= 4 is 37.9 Å². The van der Waals surface area contributed by atoms with E-state index in [2.05, 4.69) is 20.3 Å². The Kier molecular flexibility index (Phi) is 4.02. The smallest absolute Gasteiger partial charge is 0.295 e. The first kappa shape index (κ1) is 15.1. The van der Waals surface area contributed by atoms with Gasteiger partial charge in [-0.25, -0.2) is 8.42 Å². The van der Waals surface area contributed by atoms with E-state index in [1.165, 1.54) is 18.5 Å². The second-order valence-corrected chi connectivity index (χ2v) is 6.37. The molecular formula is C9H10N6O4S2. The van der Waals surface area contributed by atoms with Gasteiger partial charge in [0.25, 0.3) is 15.7 Å². The molecule has 0 saturated heterocycles. The molecular weight excluding hydrogens is 320 g/mol. The van der Waals surface area contributed by atoms with Crippen molar-refractivity contribution in [3.8, 4) is 0 Å². The quantitative estimate of drug-likeness (QED) is 0.414. The predicted molar refractivity (Wildman–Crippen MR) is 76.4 cm³/mol. The van der Waals surface area contributed by atoms with Crippen molar-refractivity contribution in [2.24, 2.45) is 5.84 Å². The topological polar surface area (TPSA) is 153 Å². The van der Waals surface area contributed by atoms with Crippen LogP contribution < -0.4 is 16.0 Å². The number of aromatic nitrogens is 2. The second-order valence-electron chi connectivity index (χ2n) is 3.89. The average molecular weight is 330 g/mol. The number of nitrogen functional groups attached to an aromatic ring is 1. The molecule has 0 bridgehead atoms. The Balaban J connectivity index is 2.52. The number of nitro benzene ring substituents is 1. The van der Waals surface area contributed by atoms with Crippen LogP contribution in [0.15, 0.2) is 22.5 Å². The highest BCUT2D eigenvalue weighted by atomic mass is 32.2. The molecule has 0 unspecified atom stereocenters. The fourth-order valence-corrected chi connectivity index (χ4v) is 3.56. The van der Waals surface area contributed by atoms with Gasteiger partial charge in [-0.3, -0.25) is 20.7 Å². The molecule has 12 heteroatoms. The van der Waals surface area contributed by atoms with Crippen LogP contribution in [0.5, 0.6) is 0 Å². The summed E-state index contributed by atoms with van der Waals surface area (Å²) in [6.07, 6.45) is 0. The van der Waals surface area contributed by atoms with Crippen molar-refractivity contribution in [3.05, 3.63) is 33.3 Å². The Labute approximate surface area is 123 Å². The lowest BCUT2D eigenvalue weighted by Gasteiger charge is -2.10. The van der Waals surface area contributed by atoms with Gasteiger partial charge in [0.05, 0.1) is 9.82 Å². The van der Waals surface area contributed by atoms with Gasteiger partial charge in [-0.15, -0.1) is 10.2 Å². The highest BCUT2D eigenvalue weighted by Gasteiger charge is 2.24. The first-order valence-electron chi connectivity index (χ1n) is 5.40. The van der Waals surface area contributed by atoms with Crippen LogP contribution in [0.4, 0.5) is 16.5 Å². The molecule has 4 N–H and O–H groups in total. The van der Waals surface area contributed by atoms with Gasteiger partial charge < -0.3 is 5.43 Å². The molecule has 0 aliphatic rings. The first-order chi connectivity index (χ1) is 9.85. The lowest BCUT2D eigenvalue weighted by Crippen LogP contribution is -2.16. The lowest BCUT2D eigenvalue weighted by molar-refractivity contribution is -0.384. The summed E-state index contributed by atoms with van der Waals surface area (Å²) in [5, 5.41) is 18.1. The fraction of sp³-hybridized carbons (Fsp3) is 0.111. The summed E-state index contributed by atoms with van der Waals surface area (Å²) in [4.78, 5) is 10.0. The van der Waals surface area contributed by atoms with Crippen molar-refractivity contribution < 1.29 is 13.3 Å². The second kappa shape index (κ2) is 5.59. The van der Waals surface area contributed by atoms with Gasteiger partial charge in [-0.05, 0) is 18.6 Å². The van der Waals surface area contributed by atoms with E-state index < -0.39 is 20.6 Å². The van der Waals surface area contributed by atoms with Crippen molar-refractivity contribution in [2.45, 2.75) is 11.8 Å². The molecule has 1 aromatic heterocycles. The molecule has 1 aromatic carbocycles. The zero-order valence-corrected chi connectivity index (χ0v) is 12.2. The van der Waals surface area contributed by atoms with Crippen LogP contribution in [0.1, 0.15) is 5.56 Å². The minimum atomic E-state index is -4.01. The van der Waals surface area contributed by atoms with Crippen LogP contribution >= 0.6 is 11.3 Å². The number of nitrogens with one attached hydrogen (secondary N) is 2. The van der Waals surface area contributed by atoms with Crippen molar-refractivity contribution in [1.29, 1.82) is 0 Å². The van der Waals surface area contributed by atoms with Gasteiger partial charge in [-0.1, -0.05) is 11.3 Å². The number of hydrazine groups is 1. The van der Waals surface area contributed by atoms with Crippen LogP contribution in [0.25, 0.3) is 0 Å². The number of nitro groups is 1. The standard InChI is InChI=1S/C9H10N6O4S2/c1-5-2-6(12-10)7(15(16)17)3-8(5)21(18,19)14-9-13-11-4-20-9/h2-4,12H,10H2,1H3,(H,13,14). The van der Waals surface area contributed by atoms with Crippen LogP contribution in [0.3, 0.4) is 0 Å². The molecule has 2 aromatic rings. The molecule has 2 rings (SSSR count). The largest absolute Gasteiger partial charge is 0.318 e. The zero-order chi connectivity index (χ0) is 15.6. The Bertz CT molecular complexity index is 774. The summed E-state index contributed by atoms with van der Waals surface area (Å²) in [5.41, 5.74) is 3.39. The molecule has 0 fully saturated rings. The van der Waals surface area contributed by atoms with E-state index in [1.54, 1.807) is 0 Å². The predicted octanol–water partition coefficient (Wildman–Crippen LogP) is 0.841. The van der Waals surface area contributed by atoms with Crippen molar-refractivity contribution in [2.75, 3.05) is 10.1 Å². The molecule has 21 heavy (non-hydrogen) atoms. The van der Waals surface area contributed by atoms with Gasteiger partial charge >= 0.3 is 0 Å². The van der Waals surface area contributed by atoms with E-state index in [1.807, 2.05) is 0 Å². The van der Waals surface area contributed by atoms with Gasteiger partial charge in [0.15, 0.2) is 0 Å². The van der Waals surface area contributed by atoms with Gasteiger partial charge in [0, 0.05) is 6.07 Å². The first-order valence-corrected chi connectivity index (χ1v) is 7.76. The Hall–Kier alpha value is -2.31. The summed E-state index contributed by atoms with van der Waals surface area (Å²) in [5.74, 6) is 5.19. The molecule has 112 valence electrons. The van der Waals surface area contributed by atoms with E-state index in [9.17, 15) is 18.5 Å². The Morgan fingerprint density at radius 3 is 2.67 bits per heavy atom. The van der Waals surface area contributed by atoms with Crippen LogP contribution in [0.2, 0.25) is 0 Å². The minimum absolute atomic E-state index is 0.0207. The zero-order valence-electron chi connectivity index (χ0n) is 10.6. The molecule has 0 aliphatic carbocycles. The summed E-state index contributed by atoms with van der Waals surface area (Å²) in [6, 6.07) is 2.22. The van der Waals surface area contributed by atoms with E-state index in [-0.39, 0.29) is 15.7 Å². The summed E-state index contributed by atoms with van der Waals surface area (Å²) in [6.45, 7) is 1.50. The molecule has 0 aliphatic heterocycles. The van der Waals surface area contributed by atoms with Gasteiger partial charge in [0.2, 0.25) is 5.13 Å². The summed E-state index contributed by atoms with van der Waals surface area (Å²) >= 11 is 0.990. The monoisotopic (exact) mass is 330 g/mol. The van der Waals surface area contributed by atoms with Crippen molar-refractivity contribution in [3.63, 3.8) is 0 Å². The number of nitrogens with zero attached hydrogens (tertiary/aromatic N) is 3. The summed E-state index contributed by atoms with van der Waals surface area (Å²) in [7, 11) is -4.01. The fourth-order valence-electron chi connectivity index (χ4n) is 1.62. The third kappa shape index (κ3) is 3.07. The highest BCUT2D eigenvalue weighted by Crippen LogP contribution is 2.30. The van der Waals surface area contributed by atoms with Crippen LogP contribution in [-0.4, -0.2) is 23.5 Å². The molecule has 0 amide bonds. The maximum absolute atomic E-state index is 12.2. The number of aryl methyl sites for hydroxylation is 1. The van der Waals surface area contributed by atoms with Crippen LogP contribution in [-0.2, 0) is 10.0 Å². The molecule has 0 saturated carbocycles. The summed E-state index contributed by atoms with van der Waals surface area (Å²) < 4.78 is 26.7. The Morgan fingerprint density at radius 1 is 1.43 bits per heavy atom. The van der Waals surface area contributed by atoms with E-state index in [0.29, 0.717) is 5.56 Å². The third-order valence-electron chi connectivity index (χ3n) is 2.52. The Morgan fingerprint density at radius 2 is 2.14 bits per heavy atom. The maximum atomic E-state index is 12.2.